The van der Waals surface area contributed by atoms with Gasteiger partial charge in [-0.15, -0.1) is 0 Å². The monoisotopic (exact) mass is 415 g/mol. The molecule has 1 unspecified atom stereocenters. The molecule has 0 radical (unpaired) electrons. The van der Waals surface area contributed by atoms with Crippen molar-refractivity contribution in [2.45, 2.75) is 52.5 Å². The van der Waals surface area contributed by atoms with E-state index >= 15 is 0 Å². The summed E-state index contributed by atoms with van der Waals surface area (Å²) in [4.78, 5) is 11.9. The van der Waals surface area contributed by atoms with Crippen LogP contribution in [0.1, 0.15) is 46.5 Å². The van der Waals surface area contributed by atoms with Crippen molar-refractivity contribution < 1.29 is 36.0 Å². The first kappa shape index (κ1) is 23.6. The van der Waals surface area contributed by atoms with Crippen LogP contribution in [0.15, 0.2) is 0 Å². The first-order valence-corrected chi connectivity index (χ1v) is 9.50. The zero-order valence-electron chi connectivity index (χ0n) is 15.3. The van der Waals surface area contributed by atoms with E-state index in [1.54, 1.807) is 0 Å². The molecule has 0 fully saturated rings. The van der Waals surface area contributed by atoms with Crippen LogP contribution in [0.4, 0.5) is 22.0 Å². The fourth-order valence-electron chi connectivity index (χ4n) is 2.35. The lowest BCUT2D eigenvalue weighted by Crippen LogP contribution is -2.32. The second-order valence-electron chi connectivity index (χ2n) is 6.04. The quantitative estimate of drug-likeness (QED) is 0.182. The Kier molecular flexibility index (Phi) is 9.94. The van der Waals surface area contributed by atoms with Gasteiger partial charge in [-0.05, 0) is 25.7 Å². The predicted molar refractivity (Wildman–Crippen MR) is 92.0 cm³/mol. The molecule has 0 heterocycles. The van der Waals surface area contributed by atoms with Crippen molar-refractivity contribution in [1.82, 2.24) is 5.09 Å². The molecule has 4 nitrogen and oxygen atoms in total. The zero-order valence-corrected chi connectivity index (χ0v) is 16.3. The number of hydrogen-bond donors (Lipinski definition) is 1. The van der Waals surface area contributed by atoms with Crippen LogP contribution in [0.5, 0.6) is 5.75 Å². The van der Waals surface area contributed by atoms with Crippen LogP contribution in [-0.2, 0) is 9.53 Å². The lowest BCUT2D eigenvalue weighted by atomic mass is 9.99. The molecule has 1 N–H and O–H groups in total. The van der Waals surface area contributed by atoms with Gasteiger partial charge in [-0.3, -0.25) is 9.88 Å². The molecular formula is C17H23F5NO3P. The largest absolute Gasteiger partial charge is 0.464 e. The Balaban J connectivity index is 2.56. The maximum Gasteiger partial charge on any atom is 0.323 e. The summed E-state index contributed by atoms with van der Waals surface area (Å²) < 4.78 is 75.9. The van der Waals surface area contributed by atoms with Gasteiger partial charge >= 0.3 is 5.97 Å². The number of carbonyl (C=O) groups is 1. The minimum Gasteiger partial charge on any atom is -0.464 e. The highest BCUT2D eigenvalue weighted by Gasteiger charge is 2.27. The van der Waals surface area contributed by atoms with E-state index in [-0.39, 0.29) is 12.5 Å². The smallest absolute Gasteiger partial charge is 0.323 e. The maximum absolute atomic E-state index is 13.5. The highest BCUT2D eigenvalue weighted by molar-refractivity contribution is 7.30. The fourth-order valence-corrected chi connectivity index (χ4v) is 2.99. The van der Waals surface area contributed by atoms with Crippen molar-refractivity contribution in [3.8, 4) is 5.75 Å². The van der Waals surface area contributed by atoms with E-state index in [0.717, 1.165) is 25.7 Å². The lowest BCUT2D eigenvalue weighted by molar-refractivity contribution is -0.146. The summed E-state index contributed by atoms with van der Waals surface area (Å²) in [7, 11) is -0.922. The van der Waals surface area contributed by atoms with E-state index in [0.29, 0.717) is 0 Å². The summed E-state index contributed by atoms with van der Waals surface area (Å²) in [5.41, 5.74) is 0. The van der Waals surface area contributed by atoms with E-state index in [2.05, 4.69) is 9.61 Å². The molecule has 0 saturated carbocycles. The Bertz CT molecular complexity index is 612. The number of esters is 1. The topological polar surface area (TPSA) is 47.6 Å². The molecular weight excluding hydrogens is 392 g/mol. The number of ether oxygens (including phenoxy) is 1. The zero-order chi connectivity index (χ0) is 20.6. The summed E-state index contributed by atoms with van der Waals surface area (Å²) >= 11 is 0. The molecule has 1 rings (SSSR count). The molecule has 1 aromatic carbocycles. The van der Waals surface area contributed by atoms with Gasteiger partial charge in [0.05, 0.1) is 6.61 Å². The van der Waals surface area contributed by atoms with Gasteiger partial charge in [-0.25, -0.2) is 13.2 Å². The first-order valence-electron chi connectivity index (χ1n) is 8.59. The van der Waals surface area contributed by atoms with Gasteiger partial charge in [0, 0.05) is 0 Å². The molecule has 27 heavy (non-hydrogen) atoms. The van der Waals surface area contributed by atoms with Crippen molar-refractivity contribution in [2.75, 3.05) is 6.61 Å². The number of benzene rings is 1. The van der Waals surface area contributed by atoms with Crippen LogP contribution >= 0.6 is 8.96 Å². The van der Waals surface area contributed by atoms with E-state index in [1.165, 1.54) is 6.92 Å². The van der Waals surface area contributed by atoms with Crippen LogP contribution in [-0.4, -0.2) is 18.6 Å². The van der Waals surface area contributed by atoms with Crippen LogP contribution in [0.25, 0.3) is 0 Å². The molecule has 0 amide bonds. The summed E-state index contributed by atoms with van der Waals surface area (Å²) in [6.45, 7) is 5.76. The summed E-state index contributed by atoms with van der Waals surface area (Å²) in [5.74, 6) is -12.3. The van der Waals surface area contributed by atoms with Crippen LogP contribution in [0.3, 0.4) is 0 Å². The fraction of sp³-hybridized carbons (Fsp3) is 0.588. The number of rotatable bonds is 11. The molecule has 2 atom stereocenters. The molecule has 0 bridgehead atoms. The average Bonchev–Trinajstić information content (AvgIpc) is 2.65. The minimum absolute atomic E-state index is 0.253. The Morgan fingerprint density at radius 2 is 1.44 bits per heavy atom. The Labute approximate surface area is 156 Å². The molecule has 10 heteroatoms. The molecule has 0 aliphatic heterocycles. The number of hydrogen-bond acceptors (Lipinski definition) is 4. The van der Waals surface area contributed by atoms with E-state index in [1.807, 2.05) is 13.8 Å². The van der Waals surface area contributed by atoms with Crippen molar-refractivity contribution >= 4 is 14.9 Å². The Morgan fingerprint density at radius 3 is 1.93 bits per heavy atom. The third-order valence-electron chi connectivity index (χ3n) is 3.81. The van der Waals surface area contributed by atoms with Gasteiger partial charge in [0.2, 0.25) is 34.8 Å². The molecule has 0 aliphatic carbocycles. The van der Waals surface area contributed by atoms with E-state index in [4.69, 9.17) is 4.74 Å². The highest BCUT2D eigenvalue weighted by Crippen LogP contribution is 2.32. The second-order valence-corrected chi connectivity index (χ2v) is 6.74. The molecule has 0 aromatic heterocycles. The van der Waals surface area contributed by atoms with Gasteiger partial charge in [0.1, 0.15) is 15.0 Å². The molecule has 0 saturated heterocycles. The Hall–Kier alpha value is -1.47. The van der Waals surface area contributed by atoms with Crippen molar-refractivity contribution in [3.63, 3.8) is 0 Å². The third-order valence-corrected chi connectivity index (χ3v) is 4.66. The van der Waals surface area contributed by atoms with Gasteiger partial charge in [-0.1, -0.05) is 26.7 Å². The maximum atomic E-state index is 13.5. The van der Waals surface area contributed by atoms with Gasteiger partial charge < -0.3 is 9.26 Å². The Morgan fingerprint density at radius 1 is 0.963 bits per heavy atom. The number of carbonyl (C=O) groups excluding carboxylic acids is 1. The number of nitrogens with one attached hydrogen (secondary N) is 1. The first-order chi connectivity index (χ1) is 12.7. The van der Waals surface area contributed by atoms with E-state index < -0.39 is 55.8 Å². The molecule has 0 aliphatic rings. The van der Waals surface area contributed by atoms with Crippen molar-refractivity contribution in [3.05, 3.63) is 29.1 Å². The van der Waals surface area contributed by atoms with Crippen molar-refractivity contribution in [2.24, 2.45) is 5.92 Å². The lowest BCUT2D eigenvalue weighted by Gasteiger charge is -2.18. The van der Waals surface area contributed by atoms with Gasteiger partial charge in [-0.2, -0.15) is 8.78 Å². The summed E-state index contributed by atoms with van der Waals surface area (Å²) in [6, 6.07) is -0.881. The van der Waals surface area contributed by atoms with Crippen LogP contribution in [0, 0.1) is 35.0 Å². The molecule has 1 aromatic rings. The summed E-state index contributed by atoms with van der Waals surface area (Å²) in [6.07, 6.45) is 3.78. The van der Waals surface area contributed by atoms with Gasteiger partial charge in [0.25, 0.3) is 0 Å². The molecule has 0 spiro atoms. The van der Waals surface area contributed by atoms with Crippen LogP contribution in [0.2, 0.25) is 0 Å². The standard InChI is InChI=1S/C17H23F5NO3P/c1-4-6-10(7-5-2)8-25-17(24)9(3)23-27-26-16-14(21)12(19)11(18)13(20)15(16)22/h9-10,23,27H,4-8H2,1-3H3/t9-/m0/s1. The predicted octanol–water partition coefficient (Wildman–Crippen LogP) is 5.01. The third kappa shape index (κ3) is 6.57. The average molecular weight is 415 g/mol. The van der Waals surface area contributed by atoms with Gasteiger partial charge in [0.15, 0.2) is 0 Å². The highest BCUT2D eigenvalue weighted by atomic mass is 31.1. The number of halogens is 5. The minimum atomic E-state index is -2.26. The molecule has 154 valence electrons. The normalized spacial score (nSPS) is 12.8. The summed E-state index contributed by atoms with van der Waals surface area (Å²) in [5, 5.41) is 2.49. The SMILES string of the molecule is CCCC(CCC)COC(=O)[C@H](C)NPOc1c(F)c(F)c(F)c(F)c1F. The van der Waals surface area contributed by atoms with Crippen molar-refractivity contribution in [1.29, 1.82) is 0 Å². The second kappa shape index (κ2) is 11.4. The van der Waals surface area contributed by atoms with E-state index in [9.17, 15) is 26.7 Å². The van der Waals surface area contributed by atoms with Crippen LogP contribution < -0.4 is 9.61 Å².